The molecule has 21 heavy (non-hydrogen) atoms. The third-order valence-electron chi connectivity index (χ3n) is 3.39. The number of likely N-dealkylation sites (tertiary alicyclic amines) is 1. The number of nitrogens with one attached hydrogen (secondary N) is 1. The van der Waals surface area contributed by atoms with Gasteiger partial charge in [-0.25, -0.2) is 13.1 Å². The third-order valence-corrected chi connectivity index (χ3v) is 4.90. The molecule has 0 unspecified atom stereocenters. The highest BCUT2D eigenvalue weighted by molar-refractivity contribution is 7.89. The van der Waals surface area contributed by atoms with Crippen LogP contribution in [0.3, 0.4) is 0 Å². The van der Waals surface area contributed by atoms with Gasteiger partial charge < -0.3 is 10.6 Å². The Labute approximate surface area is 123 Å². The van der Waals surface area contributed by atoms with Gasteiger partial charge in [-0.05, 0) is 38.1 Å². The van der Waals surface area contributed by atoms with Crippen LogP contribution < -0.4 is 10.5 Å². The lowest BCUT2D eigenvalue weighted by atomic mass is 10.3. The smallest absolute Gasteiger partial charge is 0.291 e. The summed E-state index contributed by atoms with van der Waals surface area (Å²) in [6.45, 7) is 2.75. The number of sulfonamides is 1. The zero-order valence-corrected chi connectivity index (χ0v) is 12.3. The van der Waals surface area contributed by atoms with Crippen LogP contribution in [-0.4, -0.2) is 44.4 Å². The molecule has 0 atom stereocenters. The Morgan fingerprint density at radius 3 is 2.62 bits per heavy atom. The van der Waals surface area contributed by atoms with E-state index in [1.165, 1.54) is 6.07 Å². The summed E-state index contributed by atoms with van der Waals surface area (Å²) < 4.78 is 26.7. The molecular weight excluding hydrogens is 296 g/mol. The summed E-state index contributed by atoms with van der Waals surface area (Å²) in [5, 5.41) is 11.0. The molecule has 1 fully saturated rings. The van der Waals surface area contributed by atoms with E-state index in [1.807, 2.05) is 0 Å². The third kappa shape index (κ3) is 3.90. The second kappa shape index (κ2) is 6.37. The Morgan fingerprint density at radius 1 is 1.33 bits per heavy atom. The van der Waals surface area contributed by atoms with E-state index in [4.69, 9.17) is 5.73 Å². The van der Waals surface area contributed by atoms with E-state index >= 15 is 0 Å². The van der Waals surface area contributed by atoms with Crippen LogP contribution in [0.25, 0.3) is 0 Å². The van der Waals surface area contributed by atoms with Crippen LogP contribution in [0.15, 0.2) is 23.1 Å². The fourth-order valence-corrected chi connectivity index (χ4v) is 3.50. The maximum absolute atomic E-state index is 12.2. The van der Waals surface area contributed by atoms with Crippen molar-refractivity contribution in [2.24, 2.45) is 0 Å². The van der Waals surface area contributed by atoms with Gasteiger partial charge in [0.15, 0.2) is 4.90 Å². The molecule has 1 saturated heterocycles. The van der Waals surface area contributed by atoms with Crippen molar-refractivity contribution in [2.45, 2.75) is 17.7 Å². The van der Waals surface area contributed by atoms with Crippen LogP contribution in [0.1, 0.15) is 12.8 Å². The summed E-state index contributed by atoms with van der Waals surface area (Å²) in [5.74, 6) is 0. The molecule has 0 aliphatic carbocycles. The summed E-state index contributed by atoms with van der Waals surface area (Å²) >= 11 is 0. The van der Waals surface area contributed by atoms with E-state index < -0.39 is 20.6 Å². The Kier molecular flexibility index (Phi) is 4.76. The predicted molar refractivity (Wildman–Crippen MR) is 78.4 cm³/mol. The Balaban J connectivity index is 2.09. The van der Waals surface area contributed by atoms with Gasteiger partial charge in [-0.1, -0.05) is 0 Å². The first-order valence-corrected chi connectivity index (χ1v) is 8.14. The largest absolute Gasteiger partial charge is 0.399 e. The van der Waals surface area contributed by atoms with Gasteiger partial charge in [0.1, 0.15) is 0 Å². The molecule has 0 saturated carbocycles. The van der Waals surface area contributed by atoms with Crippen molar-refractivity contribution in [3.8, 4) is 0 Å². The minimum absolute atomic E-state index is 0.151. The maximum Gasteiger partial charge on any atom is 0.291 e. The average Bonchev–Trinajstić information content (AvgIpc) is 2.91. The number of nitrogen functional groups attached to an aromatic ring is 1. The molecule has 0 radical (unpaired) electrons. The molecule has 0 aromatic heterocycles. The molecule has 3 N–H and O–H groups in total. The van der Waals surface area contributed by atoms with Crippen molar-refractivity contribution < 1.29 is 13.3 Å². The van der Waals surface area contributed by atoms with E-state index in [9.17, 15) is 18.5 Å². The lowest BCUT2D eigenvalue weighted by Gasteiger charge is -2.14. The standard InChI is InChI=1S/C12H18N4O4S/c13-10-3-4-12(11(9-10)16(17)18)21(19,20)14-5-8-15-6-1-2-7-15/h3-4,9,14H,1-2,5-8,13H2. The molecule has 1 aliphatic rings. The highest BCUT2D eigenvalue weighted by atomic mass is 32.2. The number of rotatable bonds is 6. The van der Waals surface area contributed by atoms with Crippen molar-refractivity contribution in [1.29, 1.82) is 0 Å². The van der Waals surface area contributed by atoms with Gasteiger partial charge >= 0.3 is 0 Å². The summed E-state index contributed by atoms with van der Waals surface area (Å²) in [5.41, 5.74) is 5.11. The van der Waals surface area contributed by atoms with Crippen LogP contribution in [0.2, 0.25) is 0 Å². The first kappa shape index (κ1) is 15.7. The lowest BCUT2D eigenvalue weighted by Crippen LogP contribution is -2.33. The summed E-state index contributed by atoms with van der Waals surface area (Å²) in [6.07, 6.45) is 2.24. The van der Waals surface area contributed by atoms with Crippen LogP contribution in [-0.2, 0) is 10.0 Å². The van der Waals surface area contributed by atoms with Crippen molar-refractivity contribution >= 4 is 21.4 Å². The molecule has 0 spiro atoms. The van der Waals surface area contributed by atoms with E-state index in [0.717, 1.165) is 38.1 Å². The van der Waals surface area contributed by atoms with Crippen molar-refractivity contribution in [3.63, 3.8) is 0 Å². The molecule has 1 aliphatic heterocycles. The van der Waals surface area contributed by atoms with Gasteiger partial charge in [-0.2, -0.15) is 0 Å². The second-order valence-electron chi connectivity index (χ2n) is 4.93. The molecule has 9 heteroatoms. The highest BCUT2D eigenvalue weighted by Gasteiger charge is 2.25. The van der Waals surface area contributed by atoms with Gasteiger partial charge in [-0.3, -0.25) is 10.1 Å². The number of nitro groups is 1. The van der Waals surface area contributed by atoms with Gasteiger partial charge in [0, 0.05) is 24.8 Å². The minimum atomic E-state index is -3.92. The Bertz CT molecular complexity index is 626. The molecular formula is C12H18N4O4S. The molecule has 0 bridgehead atoms. The molecule has 1 aromatic rings. The summed E-state index contributed by atoms with van der Waals surface area (Å²) in [4.78, 5) is 12.0. The number of hydrogen-bond acceptors (Lipinski definition) is 6. The monoisotopic (exact) mass is 314 g/mol. The number of hydrogen-bond donors (Lipinski definition) is 2. The molecule has 1 aromatic carbocycles. The van der Waals surface area contributed by atoms with Crippen LogP contribution >= 0.6 is 0 Å². The average molecular weight is 314 g/mol. The zero-order valence-electron chi connectivity index (χ0n) is 11.5. The number of nitro benzene ring substituents is 1. The Morgan fingerprint density at radius 2 is 2.00 bits per heavy atom. The van der Waals surface area contributed by atoms with Crippen LogP contribution in [0, 0.1) is 10.1 Å². The molecule has 2 rings (SSSR count). The van der Waals surface area contributed by atoms with Crippen molar-refractivity contribution in [3.05, 3.63) is 28.3 Å². The van der Waals surface area contributed by atoms with Gasteiger partial charge in [0.05, 0.1) is 4.92 Å². The number of nitrogens with zero attached hydrogens (tertiary/aromatic N) is 2. The lowest BCUT2D eigenvalue weighted by molar-refractivity contribution is -0.387. The number of benzene rings is 1. The van der Waals surface area contributed by atoms with Gasteiger partial charge in [-0.15, -0.1) is 0 Å². The quantitative estimate of drug-likeness (QED) is 0.450. The predicted octanol–water partition coefficient (Wildman–Crippen LogP) is 0.551. The van der Waals surface area contributed by atoms with E-state index in [1.54, 1.807) is 0 Å². The topological polar surface area (TPSA) is 119 Å². The summed E-state index contributed by atoms with van der Waals surface area (Å²) in [6, 6.07) is 3.54. The molecule has 1 heterocycles. The number of anilines is 1. The molecule has 0 amide bonds. The van der Waals surface area contributed by atoms with Crippen LogP contribution in [0.4, 0.5) is 11.4 Å². The first-order valence-electron chi connectivity index (χ1n) is 6.66. The van der Waals surface area contributed by atoms with E-state index in [-0.39, 0.29) is 17.1 Å². The second-order valence-corrected chi connectivity index (χ2v) is 6.67. The summed E-state index contributed by atoms with van der Waals surface area (Å²) in [7, 11) is -3.92. The maximum atomic E-state index is 12.2. The van der Waals surface area contributed by atoms with E-state index in [0.29, 0.717) is 6.54 Å². The van der Waals surface area contributed by atoms with Crippen molar-refractivity contribution in [2.75, 3.05) is 31.9 Å². The minimum Gasteiger partial charge on any atom is -0.399 e. The van der Waals surface area contributed by atoms with E-state index in [2.05, 4.69) is 9.62 Å². The normalized spacial score (nSPS) is 16.2. The van der Waals surface area contributed by atoms with Crippen LogP contribution in [0.5, 0.6) is 0 Å². The highest BCUT2D eigenvalue weighted by Crippen LogP contribution is 2.25. The molecule has 116 valence electrons. The first-order chi connectivity index (χ1) is 9.90. The number of nitrogens with two attached hydrogens (primary N) is 1. The Hall–Kier alpha value is -1.71. The zero-order chi connectivity index (χ0) is 15.5. The van der Waals surface area contributed by atoms with Crippen molar-refractivity contribution in [1.82, 2.24) is 9.62 Å². The molecule has 8 nitrogen and oxygen atoms in total. The fourth-order valence-electron chi connectivity index (χ4n) is 2.33. The van der Waals surface area contributed by atoms with Gasteiger partial charge in [0.2, 0.25) is 10.0 Å². The van der Waals surface area contributed by atoms with Gasteiger partial charge in [0.25, 0.3) is 5.69 Å². The fraction of sp³-hybridized carbons (Fsp3) is 0.500. The SMILES string of the molecule is Nc1ccc(S(=O)(=O)NCCN2CCCC2)c([N+](=O)[O-])c1.